The molecule has 4 rings (SSSR count). The minimum Gasteiger partial charge on any atom is -0.341 e. The first kappa shape index (κ1) is 17.0. The van der Waals surface area contributed by atoms with Crippen molar-refractivity contribution < 1.29 is 4.79 Å². The molecule has 0 N–H and O–H groups in total. The first-order valence-electron chi connectivity index (χ1n) is 8.94. The molecule has 0 unspecified atom stereocenters. The van der Waals surface area contributed by atoms with Crippen LogP contribution in [0.5, 0.6) is 0 Å². The molecular weight excluding hydrogens is 346 g/mol. The third kappa shape index (κ3) is 3.29. The molecule has 134 valence electrons. The number of likely N-dealkylation sites (tertiary alicyclic amines) is 1. The number of piperidine rings is 1. The second-order valence-corrected chi connectivity index (χ2v) is 7.98. The normalized spacial score (nSPS) is 15.5. The van der Waals surface area contributed by atoms with Crippen LogP contribution in [0, 0.1) is 5.92 Å². The Kier molecular flexibility index (Phi) is 4.59. The van der Waals surface area contributed by atoms with E-state index in [0.29, 0.717) is 16.1 Å². The molecule has 1 amide bonds. The van der Waals surface area contributed by atoms with Crippen molar-refractivity contribution in [1.82, 2.24) is 14.5 Å². The number of carbonyl (C=O) groups excluding carboxylic acids is 1. The van der Waals surface area contributed by atoms with Gasteiger partial charge in [0.15, 0.2) is 0 Å². The van der Waals surface area contributed by atoms with Gasteiger partial charge in [-0.05, 0) is 30.4 Å². The number of amides is 1. The van der Waals surface area contributed by atoms with Gasteiger partial charge >= 0.3 is 0 Å². The van der Waals surface area contributed by atoms with Crippen LogP contribution in [0.1, 0.15) is 19.8 Å². The van der Waals surface area contributed by atoms with Crippen molar-refractivity contribution in [3.63, 3.8) is 0 Å². The summed E-state index contributed by atoms with van der Waals surface area (Å²) < 4.78 is 2.04. The molecule has 1 aliphatic heterocycles. The highest BCUT2D eigenvalue weighted by Gasteiger charge is 2.21. The van der Waals surface area contributed by atoms with Gasteiger partial charge in [-0.2, -0.15) is 0 Å². The number of aromatic nitrogens is 2. The van der Waals surface area contributed by atoms with Crippen molar-refractivity contribution in [3.8, 4) is 10.4 Å². The molecule has 0 saturated carbocycles. The molecule has 1 aromatic carbocycles. The highest BCUT2D eigenvalue weighted by Crippen LogP contribution is 2.30. The van der Waals surface area contributed by atoms with Crippen LogP contribution in [0.3, 0.4) is 0 Å². The monoisotopic (exact) mass is 367 g/mol. The van der Waals surface area contributed by atoms with Crippen molar-refractivity contribution >= 4 is 27.5 Å². The Bertz CT molecular complexity index is 985. The lowest BCUT2D eigenvalue weighted by atomic mass is 9.99. The Morgan fingerprint density at radius 2 is 1.96 bits per heavy atom. The summed E-state index contributed by atoms with van der Waals surface area (Å²) in [7, 11) is 0. The molecule has 0 aliphatic carbocycles. The Morgan fingerprint density at radius 3 is 2.69 bits per heavy atom. The SMILES string of the molecule is CC1CCN(C(=O)Cn2cnc3cc(-c4ccccc4)sc3c2=O)CC1. The fourth-order valence-electron chi connectivity index (χ4n) is 3.31. The molecule has 1 saturated heterocycles. The molecule has 0 bridgehead atoms. The van der Waals surface area contributed by atoms with Gasteiger partial charge in [-0.25, -0.2) is 4.98 Å². The summed E-state index contributed by atoms with van der Waals surface area (Å²) in [5.41, 5.74) is 1.62. The number of rotatable bonds is 3. The third-order valence-corrected chi connectivity index (χ3v) is 6.17. The molecular formula is C20H21N3O2S. The molecule has 2 aromatic heterocycles. The summed E-state index contributed by atoms with van der Waals surface area (Å²) in [5, 5.41) is 0. The van der Waals surface area contributed by atoms with Crippen LogP contribution >= 0.6 is 11.3 Å². The van der Waals surface area contributed by atoms with E-state index < -0.39 is 0 Å². The van der Waals surface area contributed by atoms with E-state index in [1.165, 1.54) is 22.2 Å². The molecule has 5 nitrogen and oxygen atoms in total. The zero-order valence-electron chi connectivity index (χ0n) is 14.7. The van der Waals surface area contributed by atoms with Gasteiger partial charge in [0.25, 0.3) is 5.56 Å². The Morgan fingerprint density at radius 1 is 1.23 bits per heavy atom. The van der Waals surface area contributed by atoms with Crippen LogP contribution in [0.25, 0.3) is 20.7 Å². The van der Waals surface area contributed by atoms with Crippen LogP contribution in [-0.4, -0.2) is 33.4 Å². The first-order valence-corrected chi connectivity index (χ1v) is 9.75. The number of benzene rings is 1. The topological polar surface area (TPSA) is 55.2 Å². The van der Waals surface area contributed by atoms with Crippen molar-refractivity contribution in [1.29, 1.82) is 0 Å². The third-order valence-electron chi connectivity index (χ3n) is 5.00. The van der Waals surface area contributed by atoms with E-state index in [1.807, 2.05) is 41.3 Å². The Balaban J connectivity index is 1.60. The quantitative estimate of drug-likeness (QED) is 0.713. The number of thiophene rings is 1. The van der Waals surface area contributed by atoms with Crippen molar-refractivity contribution in [3.05, 3.63) is 53.1 Å². The summed E-state index contributed by atoms with van der Waals surface area (Å²) in [6.45, 7) is 3.84. The van der Waals surface area contributed by atoms with Crippen LogP contribution in [0.2, 0.25) is 0 Å². The zero-order chi connectivity index (χ0) is 18.1. The van der Waals surface area contributed by atoms with Gasteiger partial charge in [-0.15, -0.1) is 11.3 Å². The van der Waals surface area contributed by atoms with Crippen LogP contribution in [0.15, 0.2) is 47.5 Å². The number of nitrogens with zero attached hydrogens (tertiary/aromatic N) is 3. The molecule has 0 spiro atoms. The first-order chi connectivity index (χ1) is 12.6. The fraction of sp³-hybridized carbons (Fsp3) is 0.350. The second-order valence-electron chi connectivity index (χ2n) is 6.93. The molecule has 3 aromatic rings. The molecule has 26 heavy (non-hydrogen) atoms. The largest absolute Gasteiger partial charge is 0.341 e. The fourth-order valence-corrected chi connectivity index (χ4v) is 4.37. The summed E-state index contributed by atoms with van der Waals surface area (Å²) in [5.74, 6) is 0.669. The predicted molar refractivity (Wildman–Crippen MR) is 104 cm³/mol. The predicted octanol–water partition coefficient (Wildman–Crippen LogP) is 3.38. The summed E-state index contributed by atoms with van der Waals surface area (Å²) in [6, 6.07) is 11.9. The number of fused-ring (bicyclic) bond motifs is 1. The van der Waals surface area contributed by atoms with Crippen LogP contribution in [-0.2, 0) is 11.3 Å². The Hall–Kier alpha value is -2.47. The molecule has 0 atom stereocenters. The van der Waals surface area contributed by atoms with Gasteiger partial charge in [0.1, 0.15) is 11.2 Å². The summed E-state index contributed by atoms with van der Waals surface area (Å²) in [6.07, 6.45) is 3.56. The van der Waals surface area contributed by atoms with Crippen molar-refractivity contribution in [2.45, 2.75) is 26.3 Å². The second kappa shape index (κ2) is 7.03. The van der Waals surface area contributed by atoms with E-state index in [2.05, 4.69) is 11.9 Å². The smallest absolute Gasteiger partial charge is 0.271 e. The molecule has 3 heterocycles. The minimum absolute atomic E-state index is 0.0000102. The lowest BCUT2D eigenvalue weighted by Crippen LogP contribution is -2.41. The number of carbonyl (C=O) groups is 1. The van der Waals surface area contributed by atoms with Gasteiger partial charge < -0.3 is 4.90 Å². The minimum atomic E-state index is -0.138. The van der Waals surface area contributed by atoms with Gasteiger partial charge in [0, 0.05) is 18.0 Å². The lowest BCUT2D eigenvalue weighted by molar-refractivity contribution is -0.133. The van der Waals surface area contributed by atoms with Crippen molar-refractivity contribution in [2.75, 3.05) is 13.1 Å². The molecule has 0 radical (unpaired) electrons. The van der Waals surface area contributed by atoms with Gasteiger partial charge in [0.05, 0.1) is 11.8 Å². The number of hydrogen-bond donors (Lipinski definition) is 0. The van der Waals surface area contributed by atoms with E-state index in [4.69, 9.17) is 0 Å². The maximum absolute atomic E-state index is 12.8. The molecule has 1 fully saturated rings. The van der Waals surface area contributed by atoms with E-state index in [1.54, 1.807) is 0 Å². The van der Waals surface area contributed by atoms with Crippen LogP contribution in [0.4, 0.5) is 0 Å². The Labute approximate surface area is 155 Å². The van der Waals surface area contributed by atoms with Gasteiger partial charge in [-0.1, -0.05) is 37.3 Å². The maximum atomic E-state index is 12.8. The van der Waals surface area contributed by atoms with Crippen LogP contribution < -0.4 is 5.56 Å². The number of hydrogen-bond acceptors (Lipinski definition) is 4. The van der Waals surface area contributed by atoms with E-state index >= 15 is 0 Å². The summed E-state index contributed by atoms with van der Waals surface area (Å²) >= 11 is 1.43. The van der Waals surface area contributed by atoms with E-state index in [0.717, 1.165) is 36.4 Å². The highest BCUT2D eigenvalue weighted by atomic mass is 32.1. The highest BCUT2D eigenvalue weighted by molar-refractivity contribution is 7.22. The summed E-state index contributed by atoms with van der Waals surface area (Å²) in [4.78, 5) is 32.6. The van der Waals surface area contributed by atoms with Gasteiger partial charge in [-0.3, -0.25) is 14.2 Å². The standard InChI is InChI=1S/C20H21N3O2S/c1-14-7-9-22(10-8-14)18(24)12-23-13-21-16-11-17(26-19(16)20(23)25)15-5-3-2-4-6-15/h2-6,11,13-14H,7-10,12H2,1H3. The molecule has 6 heteroatoms. The maximum Gasteiger partial charge on any atom is 0.271 e. The van der Waals surface area contributed by atoms with E-state index in [9.17, 15) is 9.59 Å². The van der Waals surface area contributed by atoms with E-state index in [-0.39, 0.29) is 18.0 Å². The average molecular weight is 367 g/mol. The lowest BCUT2D eigenvalue weighted by Gasteiger charge is -2.30. The van der Waals surface area contributed by atoms with Gasteiger partial charge in [0.2, 0.25) is 5.91 Å². The average Bonchev–Trinajstić information content (AvgIpc) is 3.10. The zero-order valence-corrected chi connectivity index (χ0v) is 15.5. The molecule has 1 aliphatic rings. The van der Waals surface area contributed by atoms with Crippen molar-refractivity contribution in [2.24, 2.45) is 5.92 Å².